The predicted molar refractivity (Wildman–Crippen MR) is 71.0 cm³/mol. The smallest absolute Gasteiger partial charge is 0.0702 e. The van der Waals surface area contributed by atoms with Crippen molar-refractivity contribution in [2.24, 2.45) is 17.6 Å². The van der Waals surface area contributed by atoms with Crippen LogP contribution in [-0.4, -0.2) is 43.3 Å². The van der Waals surface area contributed by atoms with E-state index in [1.54, 1.807) is 0 Å². The Bertz CT molecular complexity index is 243. The van der Waals surface area contributed by atoms with Gasteiger partial charge in [-0.3, -0.25) is 4.90 Å². The second-order valence-electron chi connectivity index (χ2n) is 6.36. The fourth-order valence-electron chi connectivity index (χ4n) is 3.31. The minimum absolute atomic E-state index is 0.265. The van der Waals surface area contributed by atoms with Crippen LogP contribution in [0, 0.1) is 11.8 Å². The SMILES string of the molecule is CC(C)C1CC(CN)(N(C)CC2CCCO2)C1. The third kappa shape index (κ3) is 2.67. The van der Waals surface area contributed by atoms with Crippen molar-refractivity contribution < 1.29 is 4.74 Å². The van der Waals surface area contributed by atoms with Crippen LogP contribution in [0.3, 0.4) is 0 Å². The highest BCUT2D eigenvalue weighted by atomic mass is 16.5. The molecule has 1 saturated heterocycles. The highest BCUT2D eigenvalue weighted by Gasteiger charge is 2.47. The molecule has 17 heavy (non-hydrogen) atoms. The van der Waals surface area contributed by atoms with E-state index < -0.39 is 0 Å². The molecule has 3 nitrogen and oxygen atoms in total. The Balaban J connectivity index is 1.86. The van der Waals surface area contributed by atoms with Gasteiger partial charge in [-0.1, -0.05) is 13.8 Å². The number of rotatable bonds is 5. The summed E-state index contributed by atoms with van der Waals surface area (Å²) in [4.78, 5) is 2.47. The Morgan fingerprint density at radius 3 is 2.59 bits per heavy atom. The first-order valence-electron chi connectivity index (χ1n) is 7.10. The van der Waals surface area contributed by atoms with Gasteiger partial charge in [0.25, 0.3) is 0 Å². The second kappa shape index (κ2) is 5.25. The number of hydrogen-bond acceptors (Lipinski definition) is 3. The highest BCUT2D eigenvalue weighted by molar-refractivity contribution is 5.03. The van der Waals surface area contributed by atoms with Crippen LogP contribution in [0.2, 0.25) is 0 Å². The van der Waals surface area contributed by atoms with Gasteiger partial charge in [-0.05, 0) is 44.6 Å². The van der Waals surface area contributed by atoms with Crippen LogP contribution in [0.1, 0.15) is 39.5 Å². The van der Waals surface area contributed by atoms with Crippen LogP contribution in [0.15, 0.2) is 0 Å². The van der Waals surface area contributed by atoms with Crippen molar-refractivity contribution in [3.8, 4) is 0 Å². The maximum Gasteiger partial charge on any atom is 0.0702 e. The van der Waals surface area contributed by atoms with Crippen molar-refractivity contribution in [3.63, 3.8) is 0 Å². The summed E-state index contributed by atoms with van der Waals surface area (Å²) in [6, 6.07) is 0. The van der Waals surface area contributed by atoms with E-state index in [-0.39, 0.29) is 5.54 Å². The van der Waals surface area contributed by atoms with Crippen LogP contribution < -0.4 is 5.73 Å². The maximum atomic E-state index is 6.02. The van der Waals surface area contributed by atoms with Gasteiger partial charge in [-0.15, -0.1) is 0 Å². The molecule has 2 N–H and O–H groups in total. The summed E-state index contributed by atoms with van der Waals surface area (Å²) < 4.78 is 5.72. The first kappa shape index (κ1) is 13.3. The molecule has 1 aliphatic heterocycles. The fraction of sp³-hybridized carbons (Fsp3) is 1.00. The van der Waals surface area contributed by atoms with Crippen molar-refractivity contribution in [1.82, 2.24) is 4.90 Å². The van der Waals surface area contributed by atoms with Gasteiger partial charge in [0, 0.05) is 25.2 Å². The van der Waals surface area contributed by atoms with E-state index in [1.165, 1.54) is 25.7 Å². The summed E-state index contributed by atoms with van der Waals surface area (Å²) in [5.41, 5.74) is 6.29. The van der Waals surface area contributed by atoms with E-state index in [2.05, 4.69) is 25.8 Å². The molecule has 1 aliphatic carbocycles. The number of hydrogen-bond donors (Lipinski definition) is 1. The van der Waals surface area contributed by atoms with Crippen LogP contribution in [-0.2, 0) is 4.74 Å². The quantitative estimate of drug-likeness (QED) is 0.797. The lowest BCUT2D eigenvalue weighted by Crippen LogP contribution is -2.62. The minimum atomic E-state index is 0.265. The Hall–Kier alpha value is -0.120. The van der Waals surface area contributed by atoms with E-state index >= 15 is 0 Å². The van der Waals surface area contributed by atoms with Gasteiger partial charge in [0.2, 0.25) is 0 Å². The Kier molecular flexibility index (Phi) is 4.11. The van der Waals surface area contributed by atoms with E-state index in [0.717, 1.165) is 31.5 Å². The van der Waals surface area contributed by atoms with Gasteiger partial charge in [-0.25, -0.2) is 0 Å². The van der Waals surface area contributed by atoms with Gasteiger partial charge in [0.1, 0.15) is 0 Å². The van der Waals surface area contributed by atoms with Crippen molar-refractivity contribution in [2.45, 2.75) is 51.2 Å². The monoisotopic (exact) mass is 240 g/mol. The normalized spacial score (nSPS) is 37.8. The molecule has 0 amide bonds. The first-order valence-corrected chi connectivity index (χ1v) is 7.10. The van der Waals surface area contributed by atoms with Crippen LogP contribution in [0.25, 0.3) is 0 Å². The summed E-state index contributed by atoms with van der Waals surface area (Å²) in [5.74, 6) is 1.66. The molecule has 1 unspecified atom stereocenters. The Morgan fingerprint density at radius 1 is 1.41 bits per heavy atom. The highest BCUT2D eigenvalue weighted by Crippen LogP contribution is 2.45. The van der Waals surface area contributed by atoms with Gasteiger partial charge in [0.15, 0.2) is 0 Å². The van der Waals surface area contributed by atoms with E-state index in [9.17, 15) is 0 Å². The van der Waals surface area contributed by atoms with Crippen molar-refractivity contribution in [3.05, 3.63) is 0 Å². The summed E-state index contributed by atoms with van der Waals surface area (Å²) in [6.07, 6.45) is 5.43. The molecule has 3 heteroatoms. The zero-order valence-electron chi connectivity index (χ0n) is 11.6. The van der Waals surface area contributed by atoms with Gasteiger partial charge in [-0.2, -0.15) is 0 Å². The zero-order chi connectivity index (χ0) is 12.5. The Labute approximate surface area is 106 Å². The van der Waals surface area contributed by atoms with Gasteiger partial charge < -0.3 is 10.5 Å². The number of nitrogens with zero attached hydrogens (tertiary/aromatic N) is 1. The van der Waals surface area contributed by atoms with Crippen LogP contribution in [0.4, 0.5) is 0 Å². The molecule has 0 radical (unpaired) electrons. The average molecular weight is 240 g/mol. The molecule has 2 rings (SSSR count). The Morgan fingerprint density at radius 2 is 2.12 bits per heavy atom. The summed E-state index contributed by atoms with van der Waals surface area (Å²) in [6.45, 7) is 7.45. The molecule has 2 aliphatic rings. The zero-order valence-corrected chi connectivity index (χ0v) is 11.6. The topological polar surface area (TPSA) is 38.5 Å². The molecule has 0 aromatic heterocycles. The second-order valence-corrected chi connectivity index (χ2v) is 6.36. The van der Waals surface area contributed by atoms with Crippen molar-refractivity contribution >= 4 is 0 Å². The lowest BCUT2D eigenvalue weighted by atomic mass is 9.63. The molecular formula is C14H28N2O. The third-order valence-corrected chi connectivity index (χ3v) is 4.92. The molecular weight excluding hydrogens is 212 g/mol. The van der Waals surface area contributed by atoms with E-state index in [1.807, 2.05) is 0 Å². The molecule has 0 spiro atoms. The van der Waals surface area contributed by atoms with Crippen LogP contribution in [0.5, 0.6) is 0 Å². The molecule has 1 atom stereocenters. The largest absolute Gasteiger partial charge is 0.377 e. The molecule has 100 valence electrons. The number of ether oxygens (including phenoxy) is 1. The average Bonchev–Trinajstić information content (AvgIpc) is 2.69. The molecule has 0 aromatic rings. The summed E-state index contributed by atoms with van der Waals surface area (Å²) >= 11 is 0. The van der Waals surface area contributed by atoms with E-state index in [4.69, 9.17) is 10.5 Å². The molecule has 1 heterocycles. The maximum absolute atomic E-state index is 6.02. The molecule has 0 aromatic carbocycles. The lowest BCUT2D eigenvalue weighted by Gasteiger charge is -2.54. The van der Waals surface area contributed by atoms with Gasteiger partial charge in [0.05, 0.1) is 6.10 Å². The van der Waals surface area contributed by atoms with Crippen LogP contribution >= 0.6 is 0 Å². The van der Waals surface area contributed by atoms with E-state index in [0.29, 0.717) is 6.10 Å². The summed E-state index contributed by atoms with van der Waals surface area (Å²) in [5, 5.41) is 0. The van der Waals surface area contributed by atoms with Crippen molar-refractivity contribution in [2.75, 3.05) is 26.7 Å². The molecule has 1 saturated carbocycles. The number of likely N-dealkylation sites (N-methyl/N-ethyl adjacent to an activating group) is 1. The van der Waals surface area contributed by atoms with Gasteiger partial charge >= 0.3 is 0 Å². The molecule has 2 fully saturated rings. The van der Waals surface area contributed by atoms with Crippen molar-refractivity contribution in [1.29, 1.82) is 0 Å². The predicted octanol–water partition coefficient (Wildman–Crippen LogP) is 1.86. The molecule has 0 bridgehead atoms. The summed E-state index contributed by atoms with van der Waals surface area (Å²) in [7, 11) is 2.23. The minimum Gasteiger partial charge on any atom is -0.377 e. The number of nitrogens with two attached hydrogens (primary N) is 1. The fourth-order valence-corrected chi connectivity index (χ4v) is 3.31. The standard InChI is InChI=1S/C14H28N2O/c1-11(2)12-7-14(8-12,10-15)16(3)9-13-5-4-6-17-13/h11-13H,4-10,15H2,1-3H3. The third-order valence-electron chi connectivity index (χ3n) is 4.92. The lowest BCUT2D eigenvalue weighted by molar-refractivity contribution is -0.0430. The first-order chi connectivity index (χ1) is 8.07.